The Morgan fingerprint density at radius 1 is 0.686 bits per heavy atom. The van der Waals surface area contributed by atoms with Crippen molar-refractivity contribution in [2.45, 2.75) is 0 Å². The van der Waals surface area contributed by atoms with Crippen LogP contribution in [0.1, 0.15) is 0 Å². The summed E-state index contributed by atoms with van der Waals surface area (Å²) in [5, 5.41) is 4.71. The Morgan fingerprint density at radius 2 is 1.31 bits per heavy atom. The molecule has 6 rings (SSSR count). The molecule has 1 N–H and O–H groups in total. The van der Waals surface area contributed by atoms with E-state index in [1.165, 1.54) is 11.3 Å². The summed E-state index contributed by atoms with van der Waals surface area (Å²) in [5.74, 6) is 0.567. The summed E-state index contributed by atoms with van der Waals surface area (Å²) >= 11 is 1.48. The molecule has 0 saturated carbocycles. The number of aromatic nitrogens is 3. The van der Waals surface area contributed by atoms with Crippen LogP contribution < -0.4 is 10.9 Å². The van der Waals surface area contributed by atoms with Crippen molar-refractivity contribution in [3.8, 4) is 27.6 Å². The molecule has 168 valence electrons. The van der Waals surface area contributed by atoms with E-state index >= 15 is 0 Å². The predicted octanol–water partition coefficient (Wildman–Crippen LogP) is 6.92. The van der Waals surface area contributed by atoms with Crippen molar-refractivity contribution in [3.63, 3.8) is 0 Å². The highest BCUT2D eigenvalue weighted by Crippen LogP contribution is 2.39. The minimum atomic E-state index is -0.109. The Hall–Kier alpha value is -4.55. The molecular weight excluding hydrogens is 452 g/mol. The maximum Gasteiger partial charge on any atom is 0.266 e. The van der Waals surface area contributed by atoms with Crippen molar-refractivity contribution in [2.24, 2.45) is 0 Å². The minimum absolute atomic E-state index is 0.109. The monoisotopic (exact) mass is 472 g/mol. The van der Waals surface area contributed by atoms with E-state index in [0.717, 1.165) is 32.6 Å². The van der Waals surface area contributed by atoms with E-state index in [0.29, 0.717) is 16.7 Å². The summed E-state index contributed by atoms with van der Waals surface area (Å²) < 4.78 is 1.69. The van der Waals surface area contributed by atoms with Gasteiger partial charge in [0, 0.05) is 11.3 Å². The number of nitrogens with zero attached hydrogens (tertiary/aromatic N) is 3. The molecule has 0 atom stereocenters. The molecule has 2 aromatic heterocycles. The molecule has 5 nitrogen and oxygen atoms in total. The minimum Gasteiger partial charge on any atom is -0.332 e. The lowest BCUT2D eigenvalue weighted by Gasteiger charge is -2.13. The number of para-hydroxylation sites is 3. The number of nitrogens with one attached hydrogen (secondary N) is 1. The summed E-state index contributed by atoms with van der Waals surface area (Å²) in [4.78, 5) is 24.5. The van der Waals surface area contributed by atoms with E-state index in [4.69, 9.17) is 9.97 Å². The number of fused-ring (bicyclic) bond motifs is 1. The van der Waals surface area contributed by atoms with Crippen molar-refractivity contribution >= 4 is 33.1 Å². The number of benzene rings is 4. The quantitative estimate of drug-likeness (QED) is 0.296. The first kappa shape index (κ1) is 21.0. The molecule has 0 bridgehead atoms. The van der Waals surface area contributed by atoms with Gasteiger partial charge in [-0.1, -0.05) is 90.2 Å². The summed E-state index contributed by atoms with van der Waals surface area (Å²) in [6.45, 7) is 0. The SMILES string of the molecule is O=c1c2ccccc2nc(-c2sc(Nc3ccccc3)nc2-c2ccccc2)n1-c1ccccc1. The van der Waals surface area contributed by atoms with Gasteiger partial charge in [0.15, 0.2) is 11.0 Å². The molecule has 35 heavy (non-hydrogen) atoms. The van der Waals surface area contributed by atoms with Crippen LogP contribution >= 0.6 is 11.3 Å². The average molecular weight is 473 g/mol. The third kappa shape index (κ3) is 4.00. The van der Waals surface area contributed by atoms with E-state index in [9.17, 15) is 4.79 Å². The van der Waals surface area contributed by atoms with Gasteiger partial charge in [-0.2, -0.15) is 0 Å². The number of thiazole rings is 1. The fourth-order valence-corrected chi connectivity index (χ4v) is 5.05. The first-order chi connectivity index (χ1) is 17.3. The van der Waals surface area contributed by atoms with Gasteiger partial charge in [0.2, 0.25) is 0 Å². The van der Waals surface area contributed by atoms with Gasteiger partial charge in [-0.05, 0) is 36.4 Å². The zero-order valence-corrected chi connectivity index (χ0v) is 19.4. The van der Waals surface area contributed by atoms with Gasteiger partial charge in [0.25, 0.3) is 5.56 Å². The van der Waals surface area contributed by atoms with Gasteiger partial charge >= 0.3 is 0 Å². The first-order valence-corrected chi connectivity index (χ1v) is 12.1. The number of hydrogen-bond acceptors (Lipinski definition) is 5. The predicted molar refractivity (Wildman–Crippen MR) is 144 cm³/mol. The Balaban J connectivity index is 1.64. The van der Waals surface area contributed by atoms with Crippen LogP contribution in [0.15, 0.2) is 120 Å². The zero-order chi connectivity index (χ0) is 23.6. The lowest BCUT2D eigenvalue weighted by molar-refractivity contribution is 0.979. The second-order valence-electron chi connectivity index (χ2n) is 7.98. The summed E-state index contributed by atoms with van der Waals surface area (Å²) in [6.07, 6.45) is 0. The Kier molecular flexibility index (Phi) is 5.41. The summed E-state index contributed by atoms with van der Waals surface area (Å²) in [6, 6.07) is 37.0. The molecule has 0 unspecified atom stereocenters. The highest BCUT2D eigenvalue weighted by Gasteiger charge is 2.22. The maximum atomic E-state index is 13.8. The highest BCUT2D eigenvalue weighted by molar-refractivity contribution is 7.19. The fourth-order valence-electron chi connectivity index (χ4n) is 4.06. The van der Waals surface area contributed by atoms with Crippen LogP contribution in [0, 0.1) is 0 Å². The van der Waals surface area contributed by atoms with Crippen molar-refractivity contribution in [1.29, 1.82) is 0 Å². The van der Waals surface area contributed by atoms with Crippen molar-refractivity contribution in [3.05, 3.63) is 126 Å². The smallest absolute Gasteiger partial charge is 0.266 e. The number of hydrogen-bond donors (Lipinski definition) is 1. The molecular formula is C29H20N4OS. The van der Waals surface area contributed by atoms with Gasteiger partial charge in [0.1, 0.15) is 4.88 Å². The maximum absolute atomic E-state index is 13.8. The molecule has 0 aliphatic heterocycles. The van der Waals surface area contributed by atoms with Crippen LogP contribution in [-0.4, -0.2) is 14.5 Å². The molecule has 6 heteroatoms. The van der Waals surface area contributed by atoms with E-state index < -0.39 is 0 Å². The molecule has 0 amide bonds. The van der Waals surface area contributed by atoms with E-state index in [1.807, 2.05) is 115 Å². The first-order valence-electron chi connectivity index (χ1n) is 11.2. The van der Waals surface area contributed by atoms with E-state index in [2.05, 4.69) is 5.32 Å². The standard InChI is InChI=1S/C29H20N4OS/c34-28-23-18-10-11-19-24(23)31-27(33(28)22-16-8-3-9-17-22)26-25(20-12-4-1-5-13-20)32-29(35-26)30-21-14-6-2-7-15-21/h1-19H,(H,30,32). The Morgan fingerprint density at radius 3 is 2.06 bits per heavy atom. The molecule has 0 radical (unpaired) electrons. The Labute approximate surface area is 206 Å². The van der Waals surface area contributed by atoms with Gasteiger partial charge < -0.3 is 5.32 Å². The third-order valence-electron chi connectivity index (χ3n) is 5.69. The molecule has 0 saturated heterocycles. The van der Waals surface area contributed by atoms with Crippen LogP contribution in [0.5, 0.6) is 0 Å². The molecule has 6 aromatic rings. The zero-order valence-electron chi connectivity index (χ0n) is 18.6. The fraction of sp³-hybridized carbons (Fsp3) is 0. The number of rotatable bonds is 5. The molecule has 4 aromatic carbocycles. The normalized spacial score (nSPS) is 11.0. The molecule has 0 aliphatic carbocycles. The largest absolute Gasteiger partial charge is 0.332 e. The lowest BCUT2D eigenvalue weighted by Crippen LogP contribution is -2.21. The van der Waals surface area contributed by atoms with E-state index in [1.54, 1.807) is 4.57 Å². The molecule has 2 heterocycles. The average Bonchev–Trinajstić information content (AvgIpc) is 3.34. The van der Waals surface area contributed by atoms with Crippen molar-refractivity contribution in [2.75, 3.05) is 5.32 Å². The molecule has 0 aliphatic rings. The van der Waals surface area contributed by atoms with Crippen molar-refractivity contribution < 1.29 is 0 Å². The Bertz CT molecular complexity index is 1680. The summed E-state index contributed by atoms with van der Waals surface area (Å²) in [5.41, 5.74) is 3.99. The van der Waals surface area contributed by atoms with Crippen LogP contribution in [0.25, 0.3) is 38.5 Å². The number of anilines is 2. The van der Waals surface area contributed by atoms with Gasteiger partial charge in [0.05, 0.1) is 22.3 Å². The molecule has 0 spiro atoms. The summed E-state index contributed by atoms with van der Waals surface area (Å²) in [7, 11) is 0. The van der Waals surface area contributed by atoms with E-state index in [-0.39, 0.29) is 5.56 Å². The van der Waals surface area contributed by atoms with Gasteiger partial charge in [-0.25, -0.2) is 9.97 Å². The topological polar surface area (TPSA) is 59.8 Å². The second-order valence-corrected chi connectivity index (χ2v) is 8.98. The lowest BCUT2D eigenvalue weighted by atomic mass is 10.1. The van der Waals surface area contributed by atoms with Gasteiger partial charge in [-0.15, -0.1) is 0 Å². The van der Waals surface area contributed by atoms with Crippen molar-refractivity contribution in [1.82, 2.24) is 14.5 Å². The van der Waals surface area contributed by atoms with Crippen LogP contribution in [0.3, 0.4) is 0 Å². The van der Waals surface area contributed by atoms with Crippen LogP contribution in [0.2, 0.25) is 0 Å². The van der Waals surface area contributed by atoms with Crippen LogP contribution in [-0.2, 0) is 0 Å². The second kappa shape index (κ2) is 9.00. The van der Waals surface area contributed by atoms with Crippen LogP contribution in [0.4, 0.5) is 10.8 Å². The highest BCUT2D eigenvalue weighted by atomic mass is 32.1. The molecule has 0 fully saturated rings. The third-order valence-corrected chi connectivity index (χ3v) is 6.66. The van der Waals surface area contributed by atoms with Gasteiger partial charge in [-0.3, -0.25) is 9.36 Å².